The molecule has 0 aliphatic heterocycles. The number of aryl methyl sites for hydroxylation is 2. The number of halogens is 3. The van der Waals surface area contributed by atoms with Crippen molar-refractivity contribution in [3.8, 4) is 11.5 Å². The fourth-order valence-corrected chi connectivity index (χ4v) is 4.38. The minimum absolute atomic E-state index is 0.0704. The summed E-state index contributed by atoms with van der Waals surface area (Å²) in [7, 11) is 0. The SMILES string of the molecule is Cc1ccc(-c2nc(COC3CCCC(OCC(OCc4ccc(C(F)(F)F)cc4)C(=O)O)C3)c(C)o2)cc1. The van der Waals surface area contributed by atoms with Crippen molar-refractivity contribution in [1.82, 2.24) is 4.98 Å². The van der Waals surface area contributed by atoms with E-state index in [2.05, 4.69) is 4.98 Å². The minimum Gasteiger partial charge on any atom is -0.479 e. The van der Waals surface area contributed by atoms with Crippen LogP contribution in [-0.2, 0) is 38.4 Å². The molecule has 1 N–H and O–H groups in total. The zero-order valence-electron chi connectivity index (χ0n) is 21.9. The van der Waals surface area contributed by atoms with Crippen molar-refractivity contribution in [2.24, 2.45) is 0 Å². The van der Waals surface area contributed by atoms with Crippen LogP contribution in [-0.4, -0.2) is 41.0 Å². The van der Waals surface area contributed by atoms with E-state index in [1.165, 1.54) is 12.1 Å². The van der Waals surface area contributed by atoms with Crippen LogP contribution in [0, 0.1) is 13.8 Å². The predicted octanol–water partition coefficient (Wildman–Crippen LogP) is 6.49. The molecule has 1 saturated carbocycles. The van der Waals surface area contributed by atoms with Crippen LogP contribution >= 0.6 is 0 Å². The molecule has 7 nitrogen and oxygen atoms in total. The van der Waals surface area contributed by atoms with E-state index in [1.807, 2.05) is 38.1 Å². The van der Waals surface area contributed by atoms with Gasteiger partial charge in [-0.05, 0) is 69.4 Å². The fourth-order valence-electron chi connectivity index (χ4n) is 4.38. The number of aliphatic carboxylic acids is 1. The van der Waals surface area contributed by atoms with E-state index in [1.54, 1.807) is 0 Å². The molecule has 3 atom stereocenters. The van der Waals surface area contributed by atoms with Crippen molar-refractivity contribution in [2.45, 2.75) is 77.2 Å². The van der Waals surface area contributed by atoms with Crippen LogP contribution in [0.4, 0.5) is 13.2 Å². The van der Waals surface area contributed by atoms with Gasteiger partial charge >= 0.3 is 12.1 Å². The summed E-state index contributed by atoms with van der Waals surface area (Å²) in [6.45, 7) is 3.86. The molecule has 0 bridgehead atoms. The Bertz CT molecular complexity index is 1220. The molecule has 0 radical (unpaired) electrons. The Kier molecular flexibility index (Phi) is 9.42. The normalized spacial score (nSPS) is 18.7. The quantitative estimate of drug-likeness (QED) is 0.293. The molecule has 2 aromatic carbocycles. The van der Waals surface area contributed by atoms with Gasteiger partial charge in [0.25, 0.3) is 0 Å². The van der Waals surface area contributed by atoms with Crippen LogP contribution in [0.2, 0.25) is 0 Å². The van der Waals surface area contributed by atoms with Crippen LogP contribution in [0.25, 0.3) is 11.5 Å². The lowest BCUT2D eigenvalue weighted by atomic mass is 9.95. The van der Waals surface area contributed by atoms with Crippen LogP contribution in [0.1, 0.15) is 53.8 Å². The summed E-state index contributed by atoms with van der Waals surface area (Å²) in [5.74, 6) is 0.0482. The predicted molar refractivity (Wildman–Crippen MR) is 136 cm³/mol. The number of ether oxygens (including phenoxy) is 3. The summed E-state index contributed by atoms with van der Waals surface area (Å²) in [5, 5.41) is 9.52. The number of alkyl halides is 3. The Morgan fingerprint density at radius 2 is 1.69 bits per heavy atom. The monoisotopic (exact) mass is 547 g/mol. The Morgan fingerprint density at radius 1 is 1.03 bits per heavy atom. The van der Waals surface area contributed by atoms with Gasteiger partial charge in [-0.3, -0.25) is 0 Å². The third-order valence-electron chi connectivity index (χ3n) is 6.72. The third kappa shape index (κ3) is 8.14. The topological polar surface area (TPSA) is 91.0 Å². The van der Waals surface area contributed by atoms with E-state index in [0.29, 0.717) is 30.2 Å². The van der Waals surface area contributed by atoms with Gasteiger partial charge in [0.1, 0.15) is 11.5 Å². The zero-order valence-corrected chi connectivity index (χ0v) is 21.9. The summed E-state index contributed by atoms with van der Waals surface area (Å²) >= 11 is 0. The maximum absolute atomic E-state index is 12.7. The summed E-state index contributed by atoms with van der Waals surface area (Å²) in [6.07, 6.45) is -2.84. The van der Waals surface area contributed by atoms with E-state index in [0.717, 1.165) is 48.2 Å². The first kappa shape index (κ1) is 28.8. The highest BCUT2D eigenvalue weighted by molar-refractivity contribution is 5.72. The molecule has 10 heteroatoms. The Hall–Kier alpha value is -3.21. The number of nitrogens with zero attached hydrogens (tertiary/aromatic N) is 1. The minimum atomic E-state index is -4.43. The van der Waals surface area contributed by atoms with Gasteiger partial charge in [-0.25, -0.2) is 9.78 Å². The largest absolute Gasteiger partial charge is 0.479 e. The van der Waals surface area contributed by atoms with Gasteiger partial charge in [-0.1, -0.05) is 29.8 Å². The highest BCUT2D eigenvalue weighted by Crippen LogP contribution is 2.30. The van der Waals surface area contributed by atoms with Gasteiger partial charge in [0.15, 0.2) is 6.10 Å². The fraction of sp³-hybridized carbons (Fsp3) is 0.448. The number of hydrogen-bond donors (Lipinski definition) is 1. The maximum atomic E-state index is 12.7. The lowest BCUT2D eigenvalue weighted by Gasteiger charge is -2.29. The van der Waals surface area contributed by atoms with Crippen molar-refractivity contribution in [3.05, 3.63) is 76.7 Å². The first-order chi connectivity index (χ1) is 18.6. The number of carboxylic acids is 1. The molecule has 1 aromatic heterocycles. The number of aromatic nitrogens is 1. The molecule has 3 aromatic rings. The van der Waals surface area contributed by atoms with Crippen molar-refractivity contribution in [2.75, 3.05) is 6.61 Å². The first-order valence-electron chi connectivity index (χ1n) is 12.9. The molecule has 1 heterocycles. The Labute approximate surface area is 224 Å². The lowest BCUT2D eigenvalue weighted by molar-refractivity contribution is -0.159. The maximum Gasteiger partial charge on any atom is 0.416 e. The molecule has 0 amide bonds. The Balaban J connectivity index is 1.24. The molecule has 210 valence electrons. The van der Waals surface area contributed by atoms with E-state index >= 15 is 0 Å². The van der Waals surface area contributed by atoms with Crippen LogP contribution in [0.5, 0.6) is 0 Å². The van der Waals surface area contributed by atoms with E-state index in [4.69, 9.17) is 18.6 Å². The second kappa shape index (κ2) is 12.8. The average molecular weight is 548 g/mol. The molecule has 1 aliphatic rings. The highest BCUT2D eigenvalue weighted by atomic mass is 19.4. The van der Waals surface area contributed by atoms with E-state index < -0.39 is 23.8 Å². The molecule has 1 fully saturated rings. The van der Waals surface area contributed by atoms with Crippen molar-refractivity contribution in [3.63, 3.8) is 0 Å². The summed E-state index contributed by atoms with van der Waals surface area (Å²) < 4.78 is 61.4. The van der Waals surface area contributed by atoms with Gasteiger partial charge in [0, 0.05) is 5.56 Å². The van der Waals surface area contributed by atoms with Gasteiger partial charge < -0.3 is 23.7 Å². The first-order valence-corrected chi connectivity index (χ1v) is 12.9. The number of carbonyl (C=O) groups is 1. The smallest absolute Gasteiger partial charge is 0.416 e. The molecule has 0 spiro atoms. The molecule has 3 unspecified atom stereocenters. The molecule has 4 rings (SSSR count). The van der Waals surface area contributed by atoms with Crippen LogP contribution < -0.4 is 0 Å². The average Bonchev–Trinajstić information content (AvgIpc) is 3.28. The van der Waals surface area contributed by atoms with Crippen molar-refractivity contribution >= 4 is 5.97 Å². The van der Waals surface area contributed by atoms with Crippen molar-refractivity contribution < 1.29 is 41.7 Å². The number of hydrogen-bond acceptors (Lipinski definition) is 6. The zero-order chi connectivity index (χ0) is 28.0. The number of rotatable bonds is 11. The second-order valence-electron chi connectivity index (χ2n) is 9.78. The lowest BCUT2D eigenvalue weighted by Crippen LogP contribution is -2.34. The number of oxazole rings is 1. The third-order valence-corrected chi connectivity index (χ3v) is 6.72. The standard InChI is InChI=1S/C29H32F3NO6/c1-18-6-10-21(11-7-18)27-33-25(19(2)39-27)16-36-23-4-3-5-24(14-23)37-17-26(28(34)35)38-15-20-8-12-22(13-9-20)29(30,31)32/h6-13,23-24,26H,3-5,14-17H2,1-2H3,(H,34,35). The number of benzene rings is 2. The molecule has 0 saturated heterocycles. The van der Waals surface area contributed by atoms with Crippen LogP contribution in [0.15, 0.2) is 52.9 Å². The van der Waals surface area contributed by atoms with Gasteiger partial charge in [-0.15, -0.1) is 0 Å². The van der Waals surface area contributed by atoms with Gasteiger partial charge in [0.2, 0.25) is 5.89 Å². The van der Waals surface area contributed by atoms with Crippen molar-refractivity contribution in [1.29, 1.82) is 0 Å². The summed E-state index contributed by atoms with van der Waals surface area (Å²) in [4.78, 5) is 16.3. The molecular weight excluding hydrogens is 515 g/mol. The summed E-state index contributed by atoms with van der Waals surface area (Å²) in [5.41, 5.74) is 2.45. The van der Waals surface area contributed by atoms with Gasteiger partial charge in [0.05, 0.1) is 37.6 Å². The number of carboxylic acid groups (broad SMARTS) is 1. The van der Waals surface area contributed by atoms with E-state index in [-0.39, 0.29) is 25.4 Å². The highest BCUT2D eigenvalue weighted by Gasteiger charge is 2.30. The van der Waals surface area contributed by atoms with Crippen LogP contribution in [0.3, 0.4) is 0 Å². The second-order valence-corrected chi connectivity index (χ2v) is 9.78. The van der Waals surface area contributed by atoms with E-state index in [9.17, 15) is 23.1 Å². The summed E-state index contributed by atoms with van der Waals surface area (Å²) in [6, 6.07) is 12.4. The van der Waals surface area contributed by atoms with Gasteiger partial charge in [-0.2, -0.15) is 13.2 Å². The Morgan fingerprint density at radius 3 is 2.33 bits per heavy atom. The molecule has 39 heavy (non-hydrogen) atoms. The molecular formula is C29H32F3NO6. The molecule has 1 aliphatic carbocycles.